The Hall–Kier alpha value is -1.03. The summed E-state index contributed by atoms with van der Waals surface area (Å²) >= 11 is 0. The molecule has 0 aliphatic carbocycles. The van der Waals surface area contributed by atoms with Crippen LogP contribution in [0.2, 0.25) is 0 Å². The second-order valence-corrected chi connectivity index (χ2v) is 4.03. The van der Waals surface area contributed by atoms with E-state index in [9.17, 15) is 13.2 Å². The highest BCUT2D eigenvalue weighted by Crippen LogP contribution is 2.24. The number of hydrogen-bond donors (Lipinski definition) is 1. The molecule has 17 heavy (non-hydrogen) atoms. The molecule has 0 fully saturated rings. The van der Waals surface area contributed by atoms with E-state index in [2.05, 4.69) is 5.32 Å². The second kappa shape index (κ2) is 6.64. The third kappa shape index (κ3) is 5.22. The van der Waals surface area contributed by atoms with Crippen molar-refractivity contribution in [2.75, 3.05) is 6.54 Å². The van der Waals surface area contributed by atoms with E-state index in [0.29, 0.717) is 19.4 Å². The molecule has 1 rings (SSSR count). The third-order valence-electron chi connectivity index (χ3n) is 2.65. The molecule has 1 N–H and O–H groups in total. The van der Waals surface area contributed by atoms with Crippen molar-refractivity contribution in [3.05, 3.63) is 35.9 Å². The van der Waals surface area contributed by atoms with Crippen LogP contribution in [0.15, 0.2) is 30.3 Å². The Morgan fingerprint density at radius 1 is 1.18 bits per heavy atom. The van der Waals surface area contributed by atoms with E-state index >= 15 is 0 Å². The highest BCUT2D eigenvalue weighted by Gasteiger charge is 2.38. The van der Waals surface area contributed by atoms with Gasteiger partial charge in [-0.2, -0.15) is 13.2 Å². The molecule has 1 nitrogen and oxygen atoms in total. The lowest BCUT2D eigenvalue weighted by Crippen LogP contribution is -2.42. The smallest absolute Gasteiger partial charge is 0.306 e. The third-order valence-corrected chi connectivity index (χ3v) is 2.65. The largest absolute Gasteiger partial charge is 0.403 e. The molecular formula is C13H18F3N. The lowest BCUT2D eigenvalue weighted by molar-refractivity contribution is -0.157. The second-order valence-electron chi connectivity index (χ2n) is 4.03. The van der Waals surface area contributed by atoms with Crippen molar-refractivity contribution in [3.8, 4) is 0 Å². The standard InChI is InChI=1S/C13H18F3N/c1-2-17-12(13(14,15)16)10-6-9-11-7-4-3-5-8-11/h3-5,7-8,12,17H,2,6,9-10H2,1H3. The van der Waals surface area contributed by atoms with E-state index in [4.69, 9.17) is 0 Å². The van der Waals surface area contributed by atoms with Gasteiger partial charge in [0.15, 0.2) is 0 Å². The molecule has 1 unspecified atom stereocenters. The van der Waals surface area contributed by atoms with Crippen LogP contribution in [-0.2, 0) is 6.42 Å². The van der Waals surface area contributed by atoms with Crippen LogP contribution in [0.5, 0.6) is 0 Å². The van der Waals surface area contributed by atoms with Crippen molar-refractivity contribution < 1.29 is 13.2 Å². The first kappa shape index (κ1) is 14.0. The molecule has 0 saturated carbocycles. The number of alkyl halides is 3. The summed E-state index contributed by atoms with van der Waals surface area (Å²) in [5, 5.41) is 2.48. The van der Waals surface area contributed by atoms with Gasteiger partial charge in [-0.1, -0.05) is 37.3 Å². The summed E-state index contributed by atoms with van der Waals surface area (Å²) in [6.07, 6.45) is -2.78. The summed E-state index contributed by atoms with van der Waals surface area (Å²) in [5.41, 5.74) is 1.09. The number of halogens is 3. The molecular weight excluding hydrogens is 227 g/mol. The van der Waals surface area contributed by atoms with Gasteiger partial charge in [0.25, 0.3) is 0 Å². The number of nitrogens with one attached hydrogen (secondary N) is 1. The zero-order chi connectivity index (χ0) is 12.7. The van der Waals surface area contributed by atoms with Gasteiger partial charge in [-0.05, 0) is 31.4 Å². The van der Waals surface area contributed by atoms with Gasteiger partial charge in [0.1, 0.15) is 6.04 Å². The molecule has 0 aliphatic rings. The van der Waals surface area contributed by atoms with Crippen molar-refractivity contribution in [1.82, 2.24) is 5.32 Å². The fourth-order valence-corrected chi connectivity index (χ4v) is 1.78. The lowest BCUT2D eigenvalue weighted by atomic mass is 10.0. The molecule has 0 saturated heterocycles. The minimum Gasteiger partial charge on any atom is -0.306 e. The van der Waals surface area contributed by atoms with Gasteiger partial charge in [0.05, 0.1) is 0 Å². The van der Waals surface area contributed by atoms with Gasteiger partial charge < -0.3 is 5.32 Å². The maximum atomic E-state index is 12.6. The molecule has 96 valence electrons. The van der Waals surface area contributed by atoms with Crippen molar-refractivity contribution in [2.24, 2.45) is 0 Å². The van der Waals surface area contributed by atoms with Gasteiger partial charge in [-0.25, -0.2) is 0 Å². The molecule has 0 aromatic heterocycles. The molecule has 0 aliphatic heterocycles. The molecule has 1 aromatic rings. The van der Waals surface area contributed by atoms with Crippen LogP contribution in [0.3, 0.4) is 0 Å². The van der Waals surface area contributed by atoms with Crippen LogP contribution in [0.4, 0.5) is 13.2 Å². The zero-order valence-corrected chi connectivity index (χ0v) is 9.93. The van der Waals surface area contributed by atoms with Crippen LogP contribution in [-0.4, -0.2) is 18.8 Å². The predicted molar refractivity (Wildman–Crippen MR) is 62.9 cm³/mol. The molecule has 1 aromatic carbocycles. The van der Waals surface area contributed by atoms with E-state index in [1.54, 1.807) is 6.92 Å². The van der Waals surface area contributed by atoms with E-state index in [-0.39, 0.29) is 6.42 Å². The molecule has 1 atom stereocenters. The van der Waals surface area contributed by atoms with Gasteiger partial charge >= 0.3 is 6.18 Å². The van der Waals surface area contributed by atoms with Crippen molar-refractivity contribution in [1.29, 1.82) is 0 Å². The molecule has 0 radical (unpaired) electrons. The van der Waals surface area contributed by atoms with Crippen molar-refractivity contribution in [3.63, 3.8) is 0 Å². The van der Waals surface area contributed by atoms with Crippen LogP contribution in [0, 0.1) is 0 Å². The fourth-order valence-electron chi connectivity index (χ4n) is 1.78. The van der Waals surface area contributed by atoms with Crippen LogP contribution >= 0.6 is 0 Å². The summed E-state index contributed by atoms with van der Waals surface area (Å²) in [5.74, 6) is 0. The summed E-state index contributed by atoms with van der Waals surface area (Å²) in [4.78, 5) is 0. The Morgan fingerprint density at radius 3 is 2.35 bits per heavy atom. The van der Waals surface area contributed by atoms with Crippen LogP contribution < -0.4 is 5.32 Å². The van der Waals surface area contributed by atoms with Gasteiger partial charge in [-0.3, -0.25) is 0 Å². The lowest BCUT2D eigenvalue weighted by Gasteiger charge is -2.20. The predicted octanol–water partition coefficient (Wildman–Crippen LogP) is 3.55. The number of benzene rings is 1. The Kier molecular flexibility index (Phi) is 5.48. The maximum absolute atomic E-state index is 12.6. The summed E-state index contributed by atoms with van der Waals surface area (Å²) in [6, 6.07) is 8.21. The summed E-state index contributed by atoms with van der Waals surface area (Å²) in [7, 11) is 0. The number of hydrogen-bond acceptors (Lipinski definition) is 1. The molecule has 0 amide bonds. The van der Waals surface area contributed by atoms with E-state index in [1.807, 2.05) is 30.3 Å². The van der Waals surface area contributed by atoms with Crippen molar-refractivity contribution >= 4 is 0 Å². The first-order valence-electron chi connectivity index (χ1n) is 5.88. The van der Waals surface area contributed by atoms with Gasteiger partial charge in [0.2, 0.25) is 0 Å². The normalized spacial score (nSPS) is 13.6. The maximum Gasteiger partial charge on any atom is 0.403 e. The minimum atomic E-state index is -4.15. The van der Waals surface area contributed by atoms with Gasteiger partial charge in [0, 0.05) is 0 Å². The average molecular weight is 245 g/mol. The Bertz CT molecular complexity index is 308. The highest BCUT2D eigenvalue weighted by atomic mass is 19.4. The average Bonchev–Trinajstić information content (AvgIpc) is 2.28. The molecule has 4 heteroatoms. The van der Waals surface area contributed by atoms with E-state index in [1.165, 1.54) is 0 Å². The highest BCUT2D eigenvalue weighted by molar-refractivity contribution is 5.14. The SMILES string of the molecule is CCNC(CCCc1ccccc1)C(F)(F)F. The Morgan fingerprint density at radius 2 is 1.82 bits per heavy atom. The number of aryl methyl sites for hydroxylation is 1. The Balaban J connectivity index is 2.37. The summed E-state index contributed by atoms with van der Waals surface area (Å²) < 4.78 is 37.7. The quantitative estimate of drug-likeness (QED) is 0.808. The molecule has 0 spiro atoms. The minimum absolute atomic E-state index is 0.131. The summed E-state index contributed by atoms with van der Waals surface area (Å²) in [6.45, 7) is 2.03. The van der Waals surface area contributed by atoms with E-state index in [0.717, 1.165) is 5.56 Å². The molecule has 0 bridgehead atoms. The van der Waals surface area contributed by atoms with Crippen molar-refractivity contribution in [2.45, 2.75) is 38.4 Å². The monoisotopic (exact) mass is 245 g/mol. The Labute approximate surface area is 100 Å². The first-order chi connectivity index (χ1) is 8.04. The zero-order valence-electron chi connectivity index (χ0n) is 9.93. The first-order valence-corrected chi connectivity index (χ1v) is 5.88. The number of rotatable bonds is 6. The fraction of sp³-hybridized carbons (Fsp3) is 0.538. The molecule has 0 heterocycles. The van der Waals surface area contributed by atoms with Crippen LogP contribution in [0.1, 0.15) is 25.3 Å². The van der Waals surface area contributed by atoms with Crippen LogP contribution in [0.25, 0.3) is 0 Å². The topological polar surface area (TPSA) is 12.0 Å². The van der Waals surface area contributed by atoms with E-state index < -0.39 is 12.2 Å². The van der Waals surface area contributed by atoms with Gasteiger partial charge in [-0.15, -0.1) is 0 Å².